The van der Waals surface area contributed by atoms with Crippen molar-refractivity contribution in [2.75, 3.05) is 21.5 Å². The molecule has 1 aromatic carbocycles. The van der Waals surface area contributed by atoms with Gasteiger partial charge in [0.2, 0.25) is 16.2 Å². The molecule has 4 N–H and O–H groups in total. The van der Waals surface area contributed by atoms with Gasteiger partial charge in [-0.05, 0) is 31.2 Å². The molecule has 27 heavy (non-hydrogen) atoms. The van der Waals surface area contributed by atoms with Crippen LogP contribution >= 0.6 is 34.4 Å². The number of aromatic nitrogens is 4. The zero-order valence-corrected chi connectivity index (χ0v) is 17.0. The minimum atomic E-state index is -3.77. The van der Waals surface area contributed by atoms with Crippen molar-refractivity contribution in [3.05, 3.63) is 29.3 Å². The second-order valence-electron chi connectivity index (χ2n) is 5.00. The van der Waals surface area contributed by atoms with E-state index in [2.05, 4.69) is 30.4 Å². The van der Waals surface area contributed by atoms with E-state index in [1.54, 1.807) is 6.92 Å². The molecule has 14 heteroatoms. The minimum Gasteiger partial charge on any atom is -0.374 e. The third-order valence-electron chi connectivity index (χ3n) is 2.94. The Labute approximate surface area is 166 Å². The molecule has 0 atom stereocenters. The highest BCUT2D eigenvalue weighted by atomic mass is 32.2. The summed E-state index contributed by atoms with van der Waals surface area (Å²) in [5, 5.41) is 18.8. The number of anilines is 3. The van der Waals surface area contributed by atoms with Gasteiger partial charge in [-0.25, -0.2) is 8.42 Å². The van der Waals surface area contributed by atoms with Crippen LogP contribution in [-0.4, -0.2) is 40.5 Å². The highest BCUT2D eigenvalue weighted by Crippen LogP contribution is 2.24. The highest BCUT2D eigenvalue weighted by Gasteiger charge is 2.16. The molecule has 0 unspecified atom stereocenters. The molecule has 3 rings (SSSR count). The molecule has 10 nitrogen and oxygen atoms in total. The maximum atomic E-state index is 12.3. The average molecular weight is 444 g/mol. The van der Waals surface area contributed by atoms with Gasteiger partial charge in [-0.3, -0.25) is 9.52 Å². The second-order valence-corrected chi connectivity index (χ2v) is 10.1. The summed E-state index contributed by atoms with van der Waals surface area (Å²) in [6.45, 7) is 1.73. The van der Waals surface area contributed by atoms with E-state index < -0.39 is 10.0 Å². The van der Waals surface area contributed by atoms with Crippen molar-refractivity contribution >= 4 is 66.3 Å². The summed E-state index contributed by atoms with van der Waals surface area (Å²) in [5.41, 5.74) is 5.95. The molecule has 142 valence electrons. The van der Waals surface area contributed by atoms with Crippen molar-refractivity contribution in [2.24, 2.45) is 0 Å². The van der Waals surface area contributed by atoms with Gasteiger partial charge in [-0.1, -0.05) is 34.4 Å². The van der Waals surface area contributed by atoms with Crippen LogP contribution in [0.1, 0.15) is 5.01 Å². The van der Waals surface area contributed by atoms with E-state index in [-0.39, 0.29) is 21.7 Å². The molecule has 0 fully saturated rings. The molecule has 2 heterocycles. The number of nitrogens with one attached hydrogen (secondary N) is 2. The summed E-state index contributed by atoms with van der Waals surface area (Å²) in [7, 11) is -3.77. The SMILES string of the molecule is Cc1nnc(NS(=O)(=O)c2ccc(NC(=O)CSc3nnc(N)s3)cc2)s1. The van der Waals surface area contributed by atoms with Crippen molar-refractivity contribution < 1.29 is 13.2 Å². The molecule has 0 saturated carbocycles. The Morgan fingerprint density at radius 3 is 2.48 bits per heavy atom. The Morgan fingerprint density at radius 1 is 1.15 bits per heavy atom. The number of carbonyl (C=O) groups excluding carboxylic acids is 1. The van der Waals surface area contributed by atoms with Gasteiger partial charge in [0, 0.05) is 5.69 Å². The summed E-state index contributed by atoms with van der Waals surface area (Å²) < 4.78 is 27.6. The lowest BCUT2D eigenvalue weighted by molar-refractivity contribution is -0.113. The van der Waals surface area contributed by atoms with E-state index in [0.29, 0.717) is 20.2 Å². The van der Waals surface area contributed by atoms with Crippen molar-refractivity contribution in [1.29, 1.82) is 0 Å². The van der Waals surface area contributed by atoms with Crippen LogP contribution < -0.4 is 15.8 Å². The van der Waals surface area contributed by atoms with Crippen LogP contribution in [0, 0.1) is 6.92 Å². The molecule has 0 saturated heterocycles. The molecule has 2 aromatic heterocycles. The second kappa shape index (κ2) is 8.16. The van der Waals surface area contributed by atoms with E-state index in [1.807, 2.05) is 0 Å². The number of nitrogens with zero attached hydrogens (tertiary/aromatic N) is 4. The fourth-order valence-corrected chi connectivity index (χ4v) is 5.09. The number of rotatable bonds is 7. The van der Waals surface area contributed by atoms with Crippen LogP contribution in [0.15, 0.2) is 33.5 Å². The number of carbonyl (C=O) groups is 1. The standard InChI is InChI=1S/C13H13N7O3S4/c1-7-16-18-12(25-7)20-27(22,23)9-4-2-8(3-5-9)15-10(21)6-24-13-19-17-11(14)26-13/h2-5H,6H2,1H3,(H2,14,17)(H,15,21)(H,18,20). The number of benzene rings is 1. The summed E-state index contributed by atoms with van der Waals surface area (Å²) in [6.07, 6.45) is 0. The number of hydrogen-bond acceptors (Lipinski definition) is 11. The van der Waals surface area contributed by atoms with E-state index in [9.17, 15) is 13.2 Å². The summed E-state index contributed by atoms with van der Waals surface area (Å²) >= 11 is 3.55. The van der Waals surface area contributed by atoms with E-state index in [0.717, 1.165) is 11.3 Å². The molecule has 0 aliphatic heterocycles. The van der Waals surface area contributed by atoms with Crippen LogP contribution in [0.25, 0.3) is 0 Å². The smallest absolute Gasteiger partial charge is 0.263 e. The number of thioether (sulfide) groups is 1. The van der Waals surface area contributed by atoms with Crippen molar-refractivity contribution in [1.82, 2.24) is 20.4 Å². The Kier molecular flexibility index (Phi) is 5.88. The van der Waals surface area contributed by atoms with E-state index in [1.165, 1.54) is 47.4 Å². The molecule has 0 spiro atoms. The number of nitrogens with two attached hydrogens (primary N) is 1. The van der Waals surface area contributed by atoms with Gasteiger partial charge in [0.1, 0.15) is 5.01 Å². The van der Waals surface area contributed by atoms with Crippen molar-refractivity contribution in [3.63, 3.8) is 0 Å². The lowest BCUT2D eigenvalue weighted by Crippen LogP contribution is -2.15. The highest BCUT2D eigenvalue weighted by molar-refractivity contribution is 8.01. The molecule has 0 bridgehead atoms. The van der Waals surface area contributed by atoms with Crippen molar-refractivity contribution in [3.8, 4) is 0 Å². The van der Waals surface area contributed by atoms with Gasteiger partial charge in [-0.15, -0.1) is 20.4 Å². The first kappa shape index (κ1) is 19.5. The topological polar surface area (TPSA) is 153 Å². The first-order chi connectivity index (χ1) is 12.8. The van der Waals surface area contributed by atoms with Crippen LogP contribution in [0.5, 0.6) is 0 Å². The maximum absolute atomic E-state index is 12.3. The van der Waals surface area contributed by atoms with Gasteiger partial charge < -0.3 is 11.1 Å². The summed E-state index contributed by atoms with van der Waals surface area (Å²) in [5.74, 6) is -0.126. The van der Waals surface area contributed by atoms with E-state index in [4.69, 9.17) is 5.73 Å². The molecular formula is C13H13N7O3S4. The molecule has 0 radical (unpaired) electrons. The number of hydrogen-bond donors (Lipinski definition) is 3. The lowest BCUT2D eigenvalue weighted by atomic mass is 10.3. The summed E-state index contributed by atoms with van der Waals surface area (Å²) in [4.78, 5) is 12.0. The lowest BCUT2D eigenvalue weighted by Gasteiger charge is -2.07. The first-order valence-electron chi connectivity index (χ1n) is 7.26. The fourth-order valence-electron chi connectivity index (χ4n) is 1.83. The van der Waals surface area contributed by atoms with Crippen LogP contribution in [-0.2, 0) is 14.8 Å². The molecule has 1 amide bonds. The van der Waals surface area contributed by atoms with Gasteiger partial charge in [-0.2, -0.15) is 0 Å². The predicted octanol–water partition coefficient (Wildman–Crippen LogP) is 1.81. The number of sulfonamides is 1. The molecule has 0 aliphatic carbocycles. The Balaban J connectivity index is 1.58. The van der Waals surface area contributed by atoms with Gasteiger partial charge in [0.15, 0.2) is 4.34 Å². The number of nitrogen functional groups attached to an aromatic ring is 1. The summed E-state index contributed by atoms with van der Waals surface area (Å²) in [6, 6.07) is 5.80. The van der Waals surface area contributed by atoms with Gasteiger partial charge >= 0.3 is 0 Å². The first-order valence-corrected chi connectivity index (χ1v) is 11.4. The fraction of sp³-hybridized carbons (Fsp3) is 0.154. The minimum absolute atomic E-state index is 0.0482. The van der Waals surface area contributed by atoms with Crippen molar-refractivity contribution in [2.45, 2.75) is 16.2 Å². The maximum Gasteiger partial charge on any atom is 0.263 e. The average Bonchev–Trinajstić information content (AvgIpc) is 3.21. The predicted molar refractivity (Wildman–Crippen MR) is 106 cm³/mol. The number of amides is 1. The Morgan fingerprint density at radius 2 is 1.89 bits per heavy atom. The largest absolute Gasteiger partial charge is 0.374 e. The Hall–Kier alpha value is -2.29. The monoisotopic (exact) mass is 443 g/mol. The van der Waals surface area contributed by atoms with Gasteiger partial charge in [0.05, 0.1) is 10.6 Å². The molecule has 3 aromatic rings. The van der Waals surface area contributed by atoms with Crippen LogP contribution in [0.3, 0.4) is 0 Å². The number of aryl methyl sites for hydroxylation is 1. The Bertz CT molecular complexity index is 1050. The third kappa shape index (κ3) is 5.35. The normalized spacial score (nSPS) is 11.3. The molecule has 0 aliphatic rings. The van der Waals surface area contributed by atoms with E-state index >= 15 is 0 Å². The quantitative estimate of drug-likeness (QED) is 0.464. The van der Waals surface area contributed by atoms with Crippen LogP contribution in [0.4, 0.5) is 16.0 Å². The molecular weight excluding hydrogens is 430 g/mol. The zero-order chi connectivity index (χ0) is 19.4. The zero-order valence-electron chi connectivity index (χ0n) is 13.7. The third-order valence-corrected chi connectivity index (χ3v) is 7.07. The van der Waals surface area contributed by atoms with Crippen LogP contribution in [0.2, 0.25) is 0 Å². The van der Waals surface area contributed by atoms with Gasteiger partial charge in [0.25, 0.3) is 10.0 Å².